The van der Waals surface area contributed by atoms with Gasteiger partial charge in [0.2, 0.25) is 0 Å². The average Bonchev–Trinajstić information content (AvgIpc) is 3.32. The molecule has 2 aromatic heterocycles. The van der Waals surface area contributed by atoms with Crippen LogP contribution in [0.25, 0.3) is 0 Å². The SMILES string of the molecule is CC(C)(C)CC(C)(C(=O)OCC(Cn1ccc(C(=O)O)n1)n1ccc(C(=O)O)n1)C(C)(C)C. The largest absolute Gasteiger partial charge is 0.476 e. The molecule has 0 saturated heterocycles. The minimum Gasteiger partial charge on any atom is -0.476 e. The first-order valence-electron chi connectivity index (χ1n) is 10.8. The Balaban J connectivity index is 2.29. The summed E-state index contributed by atoms with van der Waals surface area (Å²) in [6, 6.07) is 2.11. The number of hydrogen-bond donors (Lipinski definition) is 2. The molecule has 2 aromatic rings. The minimum atomic E-state index is -1.18. The van der Waals surface area contributed by atoms with Crippen LogP contribution in [0.15, 0.2) is 24.5 Å². The lowest BCUT2D eigenvalue weighted by Crippen LogP contribution is -2.45. The molecule has 0 aliphatic carbocycles. The van der Waals surface area contributed by atoms with E-state index in [1.54, 1.807) is 0 Å². The van der Waals surface area contributed by atoms with E-state index in [0.29, 0.717) is 6.42 Å². The fourth-order valence-electron chi connectivity index (χ4n) is 3.70. The highest BCUT2D eigenvalue weighted by atomic mass is 16.5. The molecule has 0 spiro atoms. The first-order chi connectivity index (χ1) is 15.0. The third-order valence-electron chi connectivity index (χ3n) is 5.86. The van der Waals surface area contributed by atoms with Crippen LogP contribution in [-0.2, 0) is 16.1 Å². The van der Waals surface area contributed by atoms with Crippen LogP contribution < -0.4 is 0 Å². The molecular formula is C23H34N4O6. The van der Waals surface area contributed by atoms with Crippen molar-refractivity contribution < 1.29 is 29.3 Å². The molecule has 33 heavy (non-hydrogen) atoms. The smallest absolute Gasteiger partial charge is 0.356 e. The van der Waals surface area contributed by atoms with Crippen molar-refractivity contribution in [2.75, 3.05) is 6.61 Å². The molecule has 10 heteroatoms. The van der Waals surface area contributed by atoms with E-state index in [2.05, 4.69) is 31.0 Å². The standard InChI is InChI=1S/C23H34N4O6/c1-21(2,3)14-23(7,22(4,5)6)20(32)33-13-15(27-11-9-17(25-27)19(30)31)12-26-10-8-16(24-26)18(28)29/h8-11,15H,12-14H2,1-7H3,(H,28,29)(H,30,31). The van der Waals surface area contributed by atoms with Gasteiger partial charge in [0.1, 0.15) is 12.6 Å². The Kier molecular flexibility index (Phi) is 7.40. The summed E-state index contributed by atoms with van der Waals surface area (Å²) >= 11 is 0. The zero-order chi connectivity index (χ0) is 25.2. The van der Waals surface area contributed by atoms with Crippen LogP contribution in [0.4, 0.5) is 0 Å². The van der Waals surface area contributed by atoms with Crippen molar-refractivity contribution in [2.24, 2.45) is 16.2 Å². The fourth-order valence-corrected chi connectivity index (χ4v) is 3.70. The van der Waals surface area contributed by atoms with Gasteiger partial charge in [-0.3, -0.25) is 14.2 Å². The predicted molar refractivity (Wildman–Crippen MR) is 120 cm³/mol. The second-order valence-corrected chi connectivity index (χ2v) is 10.8. The first kappa shape index (κ1) is 26.1. The molecule has 0 radical (unpaired) electrons. The molecule has 10 nitrogen and oxygen atoms in total. The molecule has 182 valence electrons. The summed E-state index contributed by atoms with van der Waals surface area (Å²) in [5.41, 5.74) is -1.52. The molecule has 2 unspecified atom stereocenters. The number of ether oxygens (including phenoxy) is 1. The highest BCUT2D eigenvalue weighted by Crippen LogP contribution is 2.47. The lowest BCUT2D eigenvalue weighted by atomic mass is 9.61. The number of carboxylic acid groups (broad SMARTS) is 2. The number of esters is 1. The van der Waals surface area contributed by atoms with Gasteiger partial charge in [0.15, 0.2) is 11.4 Å². The van der Waals surface area contributed by atoms with Gasteiger partial charge in [-0.2, -0.15) is 10.2 Å². The van der Waals surface area contributed by atoms with Gasteiger partial charge in [-0.05, 0) is 36.3 Å². The number of carbonyl (C=O) groups excluding carboxylic acids is 1. The van der Waals surface area contributed by atoms with Crippen molar-refractivity contribution in [3.63, 3.8) is 0 Å². The van der Waals surface area contributed by atoms with Gasteiger partial charge < -0.3 is 14.9 Å². The van der Waals surface area contributed by atoms with Crippen LogP contribution in [-0.4, -0.2) is 54.3 Å². The number of aromatic nitrogens is 4. The summed E-state index contributed by atoms with van der Waals surface area (Å²) in [6.45, 7) is 14.2. The average molecular weight is 463 g/mol. The zero-order valence-electron chi connectivity index (χ0n) is 20.3. The van der Waals surface area contributed by atoms with Crippen molar-refractivity contribution >= 4 is 17.9 Å². The van der Waals surface area contributed by atoms with Crippen molar-refractivity contribution in [1.29, 1.82) is 0 Å². The number of hydrogen-bond acceptors (Lipinski definition) is 6. The van der Waals surface area contributed by atoms with Crippen LogP contribution in [0.3, 0.4) is 0 Å². The van der Waals surface area contributed by atoms with Crippen LogP contribution in [0.2, 0.25) is 0 Å². The van der Waals surface area contributed by atoms with Gasteiger partial charge in [0, 0.05) is 12.4 Å². The number of carboxylic acids is 2. The second-order valence-electron chi connectivity index (χ2n) is 10.8. The second kappa shape index (κ2) is 9.36. The summed E-state index contributed by atoms with van der Waals surface area (Å²) < 4.78 is 8.59. The van der Waals surface area contributed by atoms with Crippen LogP contribution in [0.5, 0.6) is 0 Å². The Morgan fingerprint density at radius 1 is 0.939 bits per heavy atom. The Bertz CT molecular complexity index is 1010. The van der Waals surface area contributed by atoms with E-state index in [4.69, 9.17) is 9.84 Å². The van der Waals surface area contributed by atoms with E-state index in [0.717, 1.165) is 0 Å². The zero-order valence-corrected chi connectivity index (χ0v) is 20.3. The highest BCUT2D eigenvalue weighted by Gasteiger charge is 2.47. The molecule has 0 aromatic carbocycles. The number of carbonyl (C=O) groups is 3. The summed E-state index contributed by atoms with van der Waals surface area (Å²) in [6.07, 6.45) is 3.60. The van der Waals surface area contributed by atoms with Crippen molar-refractivity contribution in [2.45, 2.75) is 67.5 Å². The van der Waals surface area contributed by atoms with Crippen LogP contribution in [0.1, 0.15) is 81.9 Å². The highest BCUT2D eigenvalue weighted by molar-refractivity contribution is 5.85. The van der Waals surface area contributed by atoms with E-state index >= 15 is 0 Å². The Hall–Kier alpha value is -3.17. The van der Waals surface area contributed by atoms with Crippen molar-refractivity contribution in [3.05, 3.63) is 35.9 Å². The normalized spacial score (nSPS) is 15.0. The maximum Gasteiger partial charge on any atom is 0.356 e. The molecule has 0 aliphatic heterocycles. The molecule has 2 atom stereocenters. The molecule has 0 fully saturated rings. The van der Waals surface area contributed by atoms with E-state index in [-0.39, 0.29) is 41.3 Å². The number of aromatic carboxylic acids is 2. The third kappa shape index (κ3) is 6.43. The molecule has 0 saturated carbocycles. The monoisotopic (exact) mass is 462 g/mol. The van der Waals surface area contributed by atoms with E-state index < -0.39 is 23.4 Å². The molecule has 0 bridgehead atoms. The summed E-state index contributed by atoms with van der Waals surface area (Å²) in [4.78, 5) is 35.8. The van der Waals surface area contributed by atoms with E-state index in [9.17, 15) is 19.5 Å². The van der Waals surface area contributed by atoms with Crippen LogP contribution in [0, 0.1) is 16.2 Å². The van der Waals surface area contributed by atoms with E-state index in [1.165, 1.54) is 33.9 Å². The quantitative estimate of drug-likeness (QED) is 0.538. The van der Waals surface area contributed by atoms with Gasteiger partial charge in [-0.15, -0.1) is 0 Å². The maximum atomic E-state index is 13.3. The molecule has 2 N–H and O–H groups in total. The molecule has 0 aliphatic rings. The lowest BCUT2D eigenvalue weighted by Gasteiger charge is -2.43. The van der Waals surface area contributed by atoms with Gasteiger partial charge in [0.25, 0.3) is 0 Å². The van der Waals surface area contributed by atoms with Crippen molar-refractivity contribution in [3.8, 4) is 0 Å². The molecular weight excluding hydrogens is 428 g/mol. The Morgan fingerprint density at radius 2 is 1.48 bits per heavy atom. The predicted octanol–water partition coefficient (Wildman–Crippen LogP) is 3.75. The molecule has 2 rings (SSSR count). The number of nitrogens with zero attached hydrogens (tertiary/aromatic N) is 4. The maximum absolute atomic E-state index is 13.3. The summed E-state index contributed by atoms with van der Waals surface area (Å²) in [5.74, 6) is -2.69. The minimum absolute atomic E-state index is 0.0857. The molecule has 0 amide bonds. The van der Waals surface area contributed by atoms with Gasteiger partial charge in [-0.25, -0.2) is 9.59 Å². The summed E-state index contributed by atoms with van der Waals surface area (Å²) in [7, 11) is 0. The fraction of sp³-hybridized carbons (Fsp3) is 0.609. The first-order valence-corrected chi connectivity index (χ1v) is 10.8. The number of rotatable bonds is 9. The van der Waals surface area contributed by atoms with Gasteiger partial charge >= 0.3 is 17.9 Å². The Labute approximate surface area is 193 Å². The third-order valence-corrected chi connectivity index (χ3v) is 5.86. The Morgan fingerprint density at radius 3 is 1.94 bits per heavy atom. The summed E-state index contributed by atoms with van der Waals surface area (Å²) in [5, 5.41) is 26.4. The molecule has 2 heterocycles. The van der Waals surface area contributed by atoms with Crippen LogP contribution >= 0.6 is 0 Å². The lowest BCUT2D eigenvalue weighted by molar-refractivity contribution is -0.166. The van der Waals surface area contributed by atoms with E-state index in [1.807, 2.05) is 27.7 Å². The topological polar surface area (TPSA) is 137 Å². The van der Waals surface area contributed by atoms with Gasteiger partial charge in [0.05, 0.1) is 12.0 Å². The van der Waals surface area contributed by atoms with Gasteiger partial charge in [-0.1, -0.05) is 41.5 Å². The van der Waals surface area contributed by atoms with Crippen molar-refractivity contribution in [1.82, 2.24) is 19.6 Å².